The average Bonchev–Trinajstić information content (AvgIpc) is 3.39. The minimum absolute atomic E-state index is 0.0728. The first kappa shape index (κ1) is 20.8. The van der Waals surface area contributed by atoms with Gasteiger partial charge in [-0.1, -0.05) is 59.7 Å². The maximum absolute atomic E-state index is 6.43. The van der Waals surface area contributed by atoms with E-state index >= 15 is 0 Å². The van der Waals surface area contributed by atoms with Gasteiger partial charge in [0.2, 0.25) is 0 Å². The molecule has 0 spiro atoms. The Bertz CT molecular complexity index is 924. The van der Waals surface area contributed by atoms with Crippen LogP contribution < -0.4 is 0 Å². The molecule has 1 aliphatic rings. The highest BCUT2D eigenvalue weighted by atomic mass is 16.8. The molecule has 0 amide bonds. The molecule has 30 heavy (non-hydrogen) atoms. The molecule has 0 saturated carbocycles. The molecule has 5 nitrogen and oxygen atoms in total. The minimum atomic E-state index is -0.664. The third-order valence-electron chi connectivity index (χ3n) is 5.47. The topological polar surface area (TPSA) is 45.5 Å². The lowest BCUT2D eigenvalue weighted by molar-refractivity contribution is -0.187. The highest BCUT2D eigenvalue weighted by molar-refractivity contribution is 5.22. The van der Waals surface area contributed by atoms with Gasteiger partial charge in [-0.15, -0.1) is 0 Å². The van der Waals surface area contributed by atoms with Crippen LogP contribution in [0.15, 0.2) is 67.3 Å². The molecule has 1 aromatic heterocycles. The zero-order valence-corrected chi connectivity index (χ0v) is 17.8. The van der Waals surface area contributed by atoms with Gasteiger partial charge in [0.15, 0.2) is 5.79 Å². The van der Waals surface area contributed by atoms with Crippen molar-refractivity contribution in [3.63, 3.8) is 0 Å². The Morgan fingerprint density at radius 3 is 2.73 bits per heavy atom. The number of benzene rings is 2. The van der Waals surface area contributed by atoms with Crippen molar-refractivity contribution in [1.29, 1.82) is 0 Å². The summed E-state index contributed by atoms with van der Waals surface area (Å²) >= 11 is 0. The number of nitrogens with zero attached hydrogens (tertiary/aromatic N) is 2. The van der Waals surface area contributed by atoms with Gasteiger partial charge in [-0.3, -0.25) is 0 Å². The average molecular weight is 407 g/mol. The van der Waals surface area contributed by atoms with E-state index in [0.29, 0.717) is 26.4 Å². The fourth-order valence-electron chi connectivity index (χ4n) is 3.85. The second-order valence-corrected chi connectivity index (χ2v) is 8.19. The second kappa shape index (κ2) is 9.56. The van der Waals surface area contributed by atoms with Crippen molar-refractivity contribution in [2.24, 2.45) is 0 Å². The summed E-state index contributed by atoms with van der Waals surface area (Å²) < 4.78 is 20.6. The van der Waals surface area contributed by atoms with Gasteiger partial charge in [0.1, 0.15) is 6.10 Å². The Labute approximate surface area is 178 Å². The van der Waals surface area contributed by atoms with Crippen molar-refractivity contribution >= 4 is 0 Å². The molecule has 0 radical (unpaired) electrons. The lowest BCUT2D eigenvalue weighted by Crippen LogP contribution is -2.37. The van der Waals surface area contributed by atoms with Gasteiger partial charge in [-0.2, -0.15) is 0 Å². The van der Waals surface area contributed by atoms with Gasteiger partial charge in [0.05, 0.1) is 32.7 Å². The number of rotatable bonds is 9. The fraction of sp³-hybridized carbons (Fsp3) is 0.400. The third-order valence-corrected chi connectivity index (χ3v) is 5.47. The summed E-state index contributed by atoms with van der Waals surface area (Å²) in [5, 5.41) is 0. The van der Waals surface area contributed by atoms with E-state index in [0.717, 1.165) is 12.8 Å². The molecule has 2 aromatic carbocycles. The molecule has 2 unspecified atom stereocenters. The third kappa shape index (κ3) is 5.57. The first-order chi connectivity index (χ1) is 14.6. The quantitative estimate of drug-likeness (QED) is 0.526. The number of aryl methyl sites for hydroxylation is 3. The molecule has 1 aliphatic heterocycles. The van der Waals surface area contributed by atoms with E-state index < -0.39 is 5.79 Å². The molecule has 0 aliphatic carbocycles. The number of hydrogen-bond acceptors (Lipinski definition) is 4. The van der Waals surface area contributed by atoms with Crippen molar-refractivity contribution in [2.45, 2.75) is 51.7 Å². The SMILES string of the molecule is Cc1ccc(CCC2(Cn3ccnc3)OCC(COCc3cccc(C)c3)O2)cc1. The molecular weight excluding hydrogens is 376 g/mol. The van der Waals surface area contributed by atoms with Crippen molar-refractivity contribution in [1.82, 2.24) is 9.55 Å². The maximum atomic E-state index is 6.43. The maximum Gasteiger partial charge on any atom is 0.187 e. The van der Waals surface area contributed by atoms with Crippen LogP contribution in [0.2, 0.25) is 0 Å². The van der Waals surface area contributed by atoms with Crippen LogP contribution in [-0.4, -0.2) is 34.7 Å². The normalized spacial score (nSPS) is 21.2. The van der Waals surface area contributed by atoms with E-state index in [9.17, 15) is 0 Å². The van der Waals surface area contributed by atoms with E-state index in [-0.39, 0.29) is 6.10 Å². The predicted molar refractivity (Wildman–Crippen MR) is 116 cm³/mol. The molecule has 4 rings (SSSR count). The predicted octanol–water partition coefficient (Wildman–Crippen LogP) is 4.46. The van der Waals surface area contributed by atoms with E-state index in [1.54, 1.807) is 6.20 Å². The summed E-state index contributed by atoms with van der Waals surface area (Å²) in [6, 6.07) is 17.0. The van der Waals surface area contributed by atoms with Gasteiger partial charge in [-0.25, -0.2) is 4.98 Å². The van der Waals surface area contributed by atoms with Crippen LogP contribution in [0.5, 0.6) is 0 Å². The van der Waals surface area contributed by atoms with Crippen molar-refractivity contribution < 1.29 is 14.2 Å². The van der Waals surface area contributed by atoms with Gasteiger partial charge < -0.3 is 18.8 Å². The lowest BCUT2D eigenvalue weighted by Gasteiger charge is -2.28. The second-order valence-electron chi connectivity index (χ2n) is 8.19. The highest BCUT2D eigenvalue weighted by Gasteiger charge is 2.41. The summed E-state index contributed by atoms with van der Waals surface area (Å²) in [6.45, 7) is 6.46. The zero-order chi connectivity index (χ0) is 20.8. The first-order valence-electron chi connectivity index (χ1n) is 10.6. The molecule has 0 N–H and O–H groups in total. The van der Waals surface area contributed by atoms with Crippen LogP contribution in [-0.2, 0) is 33.8 Å². The Morgan fingerprint density at radius 2 is 1.97 bits per heavy atom. The molecule has 0 bridgehead atoms. The van der Waals surface area contributed by atoms with Crippen LogP contribution in [0, 0.1) is 13.8 Å². The zero-order valence-electron chi connectivity index (χ0n) is 17.8. The molecule has 2 atom stereocenters. The number of imidazole rings is 1. The monoisotopic (exact) mass is 406 g/mol. The van der Waals surface area contributed by atoms with E-state index in [1.807, 2.05) is 17.1 Å². The van der Waals surface area contributed by atoms with Crippen LogP contribution in [0.1, 0.15) is 28.7 Å². The summed E-state index contributed by atoms with van der Waals surface area (Å²) in [5.74, 6) is -0.664. The fourth-order valence-corrected chi connectivity index (χ4v) is 3.85. The van der Waals surface area contributed by atoms with Crippen LogP contribution in [0.3, 0.4) is 0 Å². The lowest BCUT2D eigenvalue weighted by atomic mass is 10.0. The Hall–Kier alpha value is -2.47. The van der Waals surface area contributed by atoms with Gasteiger partial charge >= 0.3 is 0 Å². The number of aromatic nitrogens is 2. The number of hydrogen-bond donors (Lipinski definition) is 0. The first-order valence-corrected chi connectivity index (χ1v) is 10.6. The van der Waals surface area contributed by atoms with Gasteiger partial charge in [0, 0.05) is 18.8 Å². The summed E-state index contributed by atoms with van der Waals surface area (Å²) in [5.41, 5.74) is 4.98. The molecular formula is C25H30N2O3. The molecule has 3 aromatic rings. The van der Waals surface area contributed by atoms with Crippen LogP contribution >= 0.6 is 0 Å². The standard InChI is InChI=1S/C25H30N2O3/c1-20-6-8-22(9-7-20)10-11-25(18-27-13-12-26-19-27)29-17-24(30-25)16-28-15-23-5-3-4-21(2)14-23/h3-9,12-14,19,24H,10-11,15-18H2,1-2H3. The summed E-state index contributed by atoms with van der Waals surface area (Å²) in [6.07, 6.45) is 7.14. The van der Waals surface area contributed by atoms with Crippen molar-refractivity contribution in [2.75, 3.05) is 13.2 Å². The van der Waals surface area contributed by atoms with E-state index in [2.05, 4.69) is 67.4 Å². The largest absolute Gasteiger partial charge is 0.374 e. The van der Waals surface area contributed by atoms with Gasteiger partial charge in [0.25, 0.3) is 0 Å². The Balaban J connectivity index is 1.35. The molecule has 1 saturated heterocycles. The van der Waals surface area contributed by atoms with E-state index in [1.165, 1.54) is 22.3 Å². The molecule has 2 heterocycles. The van der Waals surface area contributed by atoms with Crippen molar-refractivity contribution in [3.8, 4) is 0 Å². The van der Waals surface area contributed by atoms with Crippen LogP contribution in [0.4, 0.5) is 0 Å². The summed E-state index contributed by atoms with van der Waals surface area (Å²) in [7, 11) is 0. The molecule has 1 fully saturated rings. The Kier molecular flexibility index (Phi) is 6.62. The smallest absolute Gasteiger partial charge is 0.187 e. The minimum Gasteiger partial charge on any atom is -0.374 e. The van der Waals surface area contributed by atoms with Crippen LogP contribution in [0.25, 0.3) is 0 Å². The van der Waals surface area contributed by atoms with E-state index in [4.69, 9.17) is 14.2 Å². The van der Waals surface area contributed by atoms with Gasteiger partial charge in [-0.05, 0) is 31.4 Å². The number of ether oxygens (including phenoxy) is 3. The molecule has 158 valence electrons. The summed E-state index contributed by atoms with van der Waals surface area (Å²) in [4.78, 5) is 4.16. The Morgan fingerprint density at radius 1 is 1.10 bits per heavy atom. The molecule has 5 heteroatoms. The highest BCUT2D eigenvalue weighted by Crippen LogP contribution is 2.31. The van der Waals surface area contributed by atoms with Crippen molar-refractivity contribution in [3.05, 3.63) is 89.5 Å².